The molecule has 2 N–H and O–H groups in total. The molecule has 2 rings (SSSR count). The Hall–Kier alpha value is -1.58. The summed E-state index contributed by atoms with van der Waals surface area (Å²) < 4.78 is 0. The van der Waals surface area contributed by atoms with Crippen molar-refractivity contribution in [3.63, 3.8) is 0 Å². The molecule has 0 atom stereocenters. The number of nitrogens with zero attached hydrogens (tertiary/aromatic N) is 2. The molecule has 2 aromatic heterocycles. The highest BCUT2D eigenvalue weighted by atomic mass is 14.9. The Bertz CT molecular complexity index is 386. The predicted octanol–water partition coefficient (Wildman–Crippen LogP) is 1.85. The van der Waals surface area contributed by atoms with Crippen molar-refractivity contribution < 1.29 is 0 Å². The SMILES string of the molecule is CC(C)c1ncc(Cc2cnc[nH]2)[nH]1. The Morgan fingerprint density at radius 1 is 1.29 bits per heavy atom. The van der Waals surface area contributed by atoms with Crippen molar-refractivity contribution >= 4 is 0 Å². The molecule has 0 bridgehead atoms. The van der Waals surface area contributed by atoms with Crippen molar-refractivity contribution in [2.75, 3.05) is 0 Å². The van der Waals surface area contributed by atoms with Gasteiger partial charge < -0.3 is 9.97 Å². The third kappa shape index (κ3) is 1.84. The summed E-state index contributed by atoms with van der Waals surface area (Å²) in [6, 6.07) is 0. The Morgan fingerprint density at radius 3 is 2.71 bits per heavy atom. The van der Waals surface area contributed by atoms with Crippen LogP contribution in [-0.4, -0.2) is 19.9 Å². The number of H-pyrrole nitrogens is 2. The molecule has 0 saturated heterocycles. The van der Waals surface area contributed by atoms with E-state index in [2.05, 4.69) is 33.8 Å². The second-order valence-corrected chi connectivity index (χ2v) is 3.70. The minimum Gasteiger partial charge on any atom is -0.348 e. The first-order valence-corrected chi connectivity index (χ1v) is 4.76. The van der Waals surface area contributed by atoms with Crippen LogP contribution in [-0.2, 0) is 6.42 Å². The average molecular weight is 190 g/mol. The van der Waals surface area contributed by atoms with Gasteiger partial charge in [0.25, 0.3) is 0 Å². The van der Waals surface area contributed by atoms with Crippen LogP contribution in [0.4, 0.5) is 0 Å². The molecular formula is C10H14N4. The molecule has 14 heavy (non-hydrogen) atoms. The standard InChI is InChI=1S/C10H14N4/c1-7(2)10-12-5-9(14-10)3-8-4-11-6-13-8/h4-7H,3H2,1-2H3,(H,11,13)(H,12,14). The van der Waals surface area contributed by atoms with Gasteiger partial charge >= 0.3 is 0 Å². The van der Waals surface area contributed by atoms with E-state index in [9.17, 15) is 0 Å². The van der Waals surface area contributed by atoms with Gasteiger partial charge in [0, 0.05) is 36.1 Å². The summed E-state index contributed by atoms with van der Waals surface area (Å²) >= 11 is 0. The van der Waals surface area contributed by atoms with Crippen LogP contribution in [0.5, 0.6) is 0 Å². The number of aromatic nitrogens is 4. The zero-order valence-electron chi connectivity index (χ0n) is 8.41. The van der Waals surface area contributed by atoms with Crippen molar-refractivity contribution in [2.24, 2.45) is 0 Å². The van der Waals surface area contributed by atoms with Gasteiger partial charge in [0.1, 0.15) is 5.82 Å². The lowest BCUT2D eigenvalue weighted by atomic mass is 10.2. The molecule has 4 nitrogen and oxygen atoms in total. The molecule has 0 spiro atoms. The second-order valence-electron chi connectivity index (χ2n) is 3.70. The van der Waals surface area contributed by atoms with E-state index in [-0.39, 0.29) is 0 Å². The number of nitrogens with one attached hydrogen (secondary N) is 2. The third-order valence-electron chi connectivity index (χ3n) is 2.13. The monoisotopic (exact) mass is 190 g/mol. The number of rotatable bonds is 3. The first kappa shape index (κ1) is 8.99. The van der Waals surface area contributed by atoms with Crippen LogP contribution in [0.1, 0.15) is 37.0 Å². The topological polar surface area (TPSA) is 57.4 Å². The lowest BCUT2D eigenvalue weighted by Crippen LogP contribution is -1.92. The maximum absolute atomic E-state index is 4.31. The predicted molar refractivity (Wildman–Crippen MR) is 54.1 cm³/mol. The fourth-order valence-corrected chi connectivity index (χ4v) is 1.35. The summed E-state index contributed by atoms with van der Waals surface area (Å²) in [6.07, 6.45) is 6.24. The molecule has 0 fully saturated rings. The Balaban J connectivity index is 2.11. The smallest absolute Gasteiger partial charge is 0.108 e. The van der Waals surface area contributed by atoms with Gasteiger partial charge in [0.15, 0.2) is 0 Å². The van der Waals surface area contributed by atoms with Gasteiger partial charge in [-0.3, -0.25) is 0 Å². The summed E-state index contributed by atoms with van der Waals surface area (Å²) in [6.45, 7) is 4.25. The third-order valence-corrected chi connectivity index (χ3v) is 2.13. The molecule has 0 radical (unpaired) electrons. The molecule has 0 aliphatic carbocycles. The van der Waals surface area contributed by atoms with Gasteiger partial charge in [-0.25, -0.2) is 9.97 Å². The molecule has 74 valence electrons. The van der Waals surface area contributed by atoms with E-state index in [0.29, 0.717) is 5.92 Å². The highest BCUT2D eigenvalue weighted by Gasteiger charge is 2.05. The fraction of sp³-hybridized carbons (Fsp3) is 0.400. The lowest BCUT2D eigenvalue weighted by Gasteiger charge is -1.97. The zero-order chi connectivity index (χ0) is 9.97. The molecular weight excluding hydrogens is 176 g/mol. The first-order valence-electron chi connectivity index (χ1n) is 4.76. The molecule has 0 aliphatic rings. The molecule has 2 aromatic rings. The second kappa shape index (κ2) is 3.65. The van der Waals surface area contributed by atoms with Crippen molar-refractivity contribution in [2.45, 2.75) is 26.2 Å². The van der Waals surface area contributed by atoms with Crippen LogP contribution >= 0.6 is 0 Å². The van der Waals surface area contributed by atoms with E-state index >= 15 is 0 Å². The Kier molecular flexibility index (Phi) is 2.35. The molecule has 0 aliphatic heterocycles. The van der Waals surface area contributed by atoms with Crippen molar-refractivity contribution in [1.29, 1.82) is 0 Å². The van der Waals surface area contributed by atoms with Crippen LogP contribution in [0.3, 0.4) is 0 Å². The molecule has 0 amide bonds. The van der Waals surface area contributed by atoms with Gasteiger partial charge in [0.2, 0.25) is 0 Å². The van der Waals surface area contributed by atoms with Crippen LogP contribution in [0.25, 0.3) is 0 Å². The van der Waals surface area contributed by atoms with E-state index < -0.39 is 0 Å². The normalized spacial score (nSPS) is 11.1. The first-order chi connectivity index (χ1) is 6.75. The minimum atomic E-state index is 0.450. The molecule has 0 saturated carbocycles. The maximum atomic E-state index is 4.31. The van der Waals surface area contributed by atoms with E-state index in [4.69, 9.17) is 0 Å². The van der Waals surface area contributed by atoms with Crippen LogP contribution in [0.2, 0.25) is 0 Å². The number of aromatic amines is 2. The van der Waals surface area contributed by atoms with Gasteiger partial charge in [-0.05, 0) is 0 Å². The average Bonchev–Trinajstić information content (AvgIpc) is 2.75. The maximum Gasteiger partial charge on any atom is 0.108 e. The minimum absolute atomic E-state index is 0.450. The lowest BCUT2D eigenvalue weighted by molar-refractivity contribution is 0.789. The highest BCUT2D eigenvalue weighted by molar-refractivity contribution is 5.12. The molecule has 0 unspecified atom stereocenters. The molecule has 4 heteroatoms. The highest BCUT2D eigenvalue weighted by Crippen LogP contribution is 2.11. The molecule has 2 heterocycles. The number of imidazole rings is 2. The van der Waals surface area contributed by atoms with E-state index in [1.165, 1.54) is 0 Å². The molecule has 0 aromatic carbocycles. The summed E-state index contributed by atoms with van der Waals surface area (Å²) in [7, 11) is 0. The Morgan fingerprint density at radius 2 is 2.14 bits per heavy atom. The van der Waals surface area contributed by atoms with E-state index in [1.807, 2.05) is 12.4 Å². The van der Waals surface area contributed by atoms with Crippen LogP contribution < -0.4 is 0 Å². The van der Waals surface area contributed by atoms with Crippen molar-refractivity contribution in [1.82, 2.24) is 19.9 Å². The van der Waals surface area contributed by atoms with Gasteiger partial charge in [-0.1, -0.05) is 13.8 Å². The summed E-state index contributed by atoms with van der Waals surface area (Å²) in [5, 5.41) is 0. The van der Waals surface area contributed by atoms with Crippen molar-refractivity contribution in [3.8, 4) is 0 Å². The summed E-state index contributed by atoms with van der Waals surface area (Å²) in [5.74, 6) is 1.49. The van der Waals surface area contributed by atoms with Crippen LogP contribution in [0, 0.1) is 0 Å². The van der Waals surface area contributed by atoms with Gasteiger partial charge in [0.05, 0.1) is 6.33 Å². The zero-order valence-corrected chi connectivity index (χ0v) is 8.41. The van der Waals surface area contributed by atoms with E-state index in [0.717, 1.165) is 23.6 Å². The van der Waals surface area contributed by atoms with Crippen LogP contribution in [0.15, 0.2) is 18.7 Å². The fourth-order valence-electron chi connectivity index (χ4n) is 1.35. The van der Waals surface area contributed by atoms with Gasteiger partial charge in [-0.15, -0.1) is 0 Å². The van der Waals surface area contributed by atoms with Crippen molar-refractivity contribution in [3.05, 3.63) is 35.9 Å². The van der Waals surface area contributed by atoms with Gasteiger partial charge in [-0.2, -0.15) is 0 Å². The number of hydrogen-bond acceptors (Lipinski definition) is 2. The summed E-state index contributed by atoms with van der Waals surface area (Å²) in [5.41, 5.74) is 2.22. The summed E-state index contributed by atoms with van der Waals surface area (Å²) in [4.78, 5) is 14.6. The Labute approximate surface area is 82.8 Å². The quantitative estimate of drug-likeness (QED) is 0.776. The van der Waals surface area contributed by atoms with E-state index in [1.54, 1.807) is 6.33 Å². The number of hydrogen-bond donors (Lipinski definition) is 2. The largest absolute Gasteiger partial charge is 0.348 e.